The Bertz CT molecular complexity index is 362. The Morgan fingerprint density at radius 3 is 2.59 bits per heavy atom. The summed E-state index contributed by atoms with van der Waals surface area (Å²) in [5.41, 5.74) is 0. The molecule has 1 N–H and O–H groups in total. The van der Waals surface area contributed by atoms with Crippen LogP contribution in [0.5, 0.6) is 0 Å². The first kappa shape index (κ1) is 14.4. The van der Waals surface area contributed by atoms with Gasteiger partial charge in [-0.3, -0.25) is 4.79 Å². The van der Waals surface area contributed by atoms with E-state index in [1.807, 2.05) is 6.92 Å². The summed E-state index contributed by atoms with van der Waals surface area (Å²) in [6, 6.07) is 0. The molecule has 0 aromatic rings. The number of hydrogen-bond acceptors (Lipinski definition) is 4. The predicted molar refractivity (Wildman–Crippen MR) is 63.7 cm³/mol. The normalized spacial score (nSPS) is 26.9. The van der Waals surface area contributed by atoms with Crippen molar-refractivity contribution in [3.8, 4) is 0 Å². The van der Waals surface area contributed by atoms with Crippen LogP contribution in [0.2, 0.25) is 0 Å². The highest BCUT2D eigenvalue weighted by molar-refractivity contribution is 7.93. The van der Waals surface area contributed by atoms with E-state index < -0.39 is 32.4 Å². The minimum absolute atomic E-state index is 0.192. The summed E-state index contributed by atoms with van der Waals surface area (Å²) < 4.78 is 29.7. The average molecular weight is 264 g/mol. The fourth-order valence-electron chi connectivity index (χ4n) is 2.17. The van der Waals surface area contributed by atoms with E-state index in [2.05, 4.69) is 0 Å². The van der Waals surface area contributed by atoms with E-state index in [0.717, 1.165) is 6.42 Å². The van der Waals surface area contributed by atoms with Crippen molar-refractivity contribution in [3.63, 3.8) is 0 Å². The van der Waals surface area contributed by atoms with Gasteiger partial charge in [0, 0.05) is 6.61 Å². The zero-order valence-electron chi connectivity index (χ0n) is 10.3. The van der Waals surface area contributed by atoms with Crippen LogP contribution < -0.4 is 0 Å². The predicted octanol–water partition coefficient (Wildman–Crippen LogP) is 1.22. The molecule has 0 aromatic heterocycles. The van der Waals surface area contributed by atoms with Crippen LogP contribution in [0.25, 0.3) is 0 Å². The fourth-order valence-corrected chi connectivity index (χ4v) is 4.41. The summed E-state index contributed by atoms with van der Waals surface area (Å²) in [6.07, 6.45) is 1.59. The van der Waals surface area contributed by atoms with Gasteiger partial charge in [-0.05, 0) is 19.8 Å². The lowest BCUT2D eigenvalue weighted by molar-refractivity contribution is -0.136. The average Bonchev–Trinajstić information content (AvgIpc) is 2.64. The van der Waals surface area contributed by atoms with E-state index in [0.29, 0.717) is 19.4 Å². The second-order valence-corrected chi connectivity index (χ2v) is 6.81. The van der Waals surface area contributed by atoms with Gasteiger partial charge in [0.05, 0.1) is 11.4 Å². The Morgan fingerprint density at radius 1 is 1.53 bits per heavy atom. The van der Waals surface area contributed by atoms with E-state index in [-0.39, 0.29) is 6.42 Å². The Labute approximate surface area is 102 Å². The molecule has 5 nitrogen and oxygen atoms in total. The second-order valence-electron chi connectivity index (χ2n) is 4.46. The summed E-state index contributed by atoms with van der Waals surface area (Å²) in [7, 11) is -3.65. The number of rotatable bonds is 6. The molecule has 17 heavy (non-hydrogen) atoms. The van der Waals surface area contributed by atoms with Gasteiger partial charge in [-0.2, -0.15) is 0 Å². The first-order chi connectivity index (χ1) is 7.91. The highest BCUT2D eigenvalue weighted by Gasteiger charge is 2.43. The second kappa shape index (κ2) is 5.82. The lowest BCUT2D eigenvalue weighted by Gasteiger charge is -2.20. The number of carboxylic acids is 1. The van der Waals surface area contributed by atoms with Crippen LogP contribution in [-0.2, 0) is 19.4 Å². The highest BCUT2D eigenvalue weighted by Crippen LogP contribution is 2.26. The van der Waals surface area contributed by atoms with Crippen LogP contribution >= 0.6 is 0 Å². The van der Waals surface area contributed by atoms with Crippen LogP contribution in [0.1, 0.15) is 39.5 Å². The number of carboxylic acid groups (broad SMARTS) is 1. The third-order valence-corrected chi connectivity index (χ3v) is 5.91. The van der Waals surface area contributed by atoms with E-state index in [4.69, 9.17) is 9.84 Å². The fraction of sp³-hybridized carbons (Fsp3) is 0.909. The van der Waals surface area contributed by atoms with Crippen LogP contribution in [0, 0.1) is 0 Å². The number of hydrogen-bond donors (Lipinski definition) is 1. The SMILES string of the molecule is CCCCC(C(=O)O)S(=O)(=O)C1CCOC1C. The summed E-state index contributed by atoms with van der Waals surface area (Å²) in [6.45, 7) is 3.99. The standard InChI is InChI=1S/C11H20O5S/c1-3-4-5-10(11(12)13)17(14,15)9-6-7-16-8(9)2/h8-10H,3-7H2,1-2H3,(H,12,13). The number of unbranched alkanes of at least 4 members (excludes halogenated alkanes) is 1. The molecule has 0 radical (unpaired) electrons. The maximum absolute atomic E-state index is 12.2. The third-order valence-electron chi connectivity index (χ3n) is 3.22. The van der Waals surface area contributed by atoms with Gasteiger partial charge in [-0.1, -0.05) is 19.8 Å². The molecule has 0 bridgehead atoms. The Hall–Kier alpha value is -0.620. The maximum Gasteiger partial charge on any atom is 0.321 e. The molecule has 1 fully saturated rings. The summed E-state index contributed by atoms with van der Waals surface area (Å²) >= 11 is 0. The lowest BCUT2D eigenvalue weighted by Crippen LogP contribution is -2.40. The molecule has 1 saturated heterocycles. The summed E-state index contributed by atoms with van der Waals surface area (Å²) in [4.78, 5) is 11.1. The van der Waals surface area contributed by atoms with Crippen molar-refractivity contribution in [3.05, 3.63) is 0 Å². The zero-order chi connectivity index (χ0) is 13.1. The van der Waals surface area contributed by atoms with Crippen molar-refractivity contribution in [1.82, 2.24) is 0 Å². The summed E-state index contributed by atoms with van der Waals surface area (Å²) in [5.74, 6) is -1.24. The molecular weight excluding hydrogens is 244 g/mol. The van der Waals surface area contributed by atoms with Crippen molar-refractivity contribution >= 4 is 15.8 Å². The Morgan fingerprint density at radius 2 is 2.18 bits per heavy atom. The van der Waals surface area contributed by atoms with Crippen molar-refractivity contribution in [1.29, 1.82) is 0 Å². The largest absolute Gasteiger partial charge is 0.480 e. The van der Waals surface area contributed by atoms with Gasteiger partial charge in [0.2, 0.25) is 0 Å². The molecule has 3 atom stereocenters. The van der Waals surface area contributed by atoms with Crippen molar-refractivity contribution in [2.45, 2.75) is 56.1 Å². The number of carbonyl (C=O) groups is 1. The van der Waals surface area contributed by atoms with Gasteiger partial charge < -0.3 is 9.84 Å². The van der Waals surface area contributed by atoms with E-state index in [9.17, 15) is 13.2 Å². The van der Waals surface area contributed by atoms with Crippen molar-refractivity contribution in [2.24, 2.45) is 0 Å². The minimum atomic E-state index is -3.65. The Balaban J connectivity index is 2.87. The van der Waals surface area contributed by atoms with E-state index >= 15 is 0 Å². The highest BCUT2D eigenvalue weighted by atomic mass is 32.2. The van der Waals surface area contributed by atoms with E-state index in [1.165, 1.54) is 0 Å². The lowest BCUT2D eigenvalue weighted by atomic mass is 10.2. The molecule has 0 spiro atoms. The quantitative estimate of drug-likeness (QED) is 0.780. The topological polar surface area (TPSA) is 80.7 Å². The van der Waals surface area contributed by atoms with Gasteiger partial charge in [-0.25, -0.2) is 8.42 Å². The van der Waals surface area contributed by atoms with Crippen LogP contribution in [0.15, 0.2) is 0 Å². The molecule has 1 aliphatic heterocycles. The molecule has 3 unspecified atom stereocenters. The molecule has 6 heteroatoms. The van der Waals surface area contributed by atoms with Crippen LogP contribution in [0.3, 0.4) is 0 Å². The molecule has 1 heterocycles. The molecule has 0 aromatic carbocycles. The van der Waals surface area contributed by atoms with Gasteiger partial charge in [0.1, 0.15) is 0 Å². The molecular formula is C11H20O5S. The first-order valence-electron chi connectivity index (χ1n) is 5.98. The van der Waals surface area contributed by atoms with Crippen molar-refractivity contribution < 1.29 is 23.1 Å². The third kappa shape index (κ3) is 3.19. The van der Waals surface area contributed by atoms with Crippen LogP contribution in [-0.4, -0.2) is 42.7 Å². The number of ether oxygens (including phenoxy) is 1. The molecule has 1 rings (SSSR count). The van der Waals surface area contributed by atoms with E-state index in [1.54, 1.807) is 6.92 Å². The van der Waals surface area contributed by atoms with Crippen molar-refractivity contribution in [2.75, 3.05) is 6.61 Å². The van der Waals surface area contributed by atoms with Gasteiger partial charge in [-0.15, -0.1) is 0 Å². The minimum Gasteiger partial charge on any atom is -0.480 e. The Kier molecular flexibility index (Phi) is 4.94. The first-order valence-corrected chi connectivity index (χ1v) is 7.59. The molecule has 1 aliphatic rings. The molecule has 0 amide bonds. The maximum atomic E-state index is 12.2. The van der Waals surface area contributed by atoms with Gasteiger partial charge >= 0.3 is 5.97 Å². The zero-order valence-corrected chi connectivity index (χ0v) is 11.1. The number of aliphatic carboxylic acids is 1. The summed E-state index contributed by atoms with van der Waals surface area (Å²) in [5, 5.41) is 7.11. The number of sulfone groups is 1. The monoisotopic (exact) mass is 264 g/mol. The molecule has 0 saturated carbocycles. The van der Waals surface area contributed by atoms with Gasteiger partial charge in [0.25, 0.3) is 0 Å². The molecule has 0 aliphatic carbocycles. The van der Waals surface area contributed by atoms with Gasteiger partial charge in [0.15, 0.2) is 15.1 Å². The molecule has 100 valence electrons. The van der Waals surface area contributed by atoms with Crippen LogP contribution in [0.4, 0.5) is 0 Å². The smallest absolute Gasteiger partial charge is 0.321 e.